The van der Waals surface area contributed by atoms with Gasteiger partial charge in [-0.3, -0.25) is 0 Å². The molecule has 2 heteroatoms. The smallest absolute Gasteiger partial charge is 0.0727 e. The molecule has 12 aromatic rings. The van der Waals surface area contributed by atoms with Crippen molar-refractivity contribution in [2.24, 2.45) is 0 Å². The van der Waals surface area contributed by atoms with E-state index in [2.05, 4.69) is 341 Å². The van der Waals surface area contributed by atoms with Crippen LogP contribution in [0.4, 0.5) is 34.1 Å². The van der Waals surface area contributed by atoms with Crippen LogP contribution in [-0.2, 0) is 5.41 Å². The molecule has 2 saturated carbocycles. The highest BCUT2D eigenvalue weighted by Crippen LogP contribution is 2.64. The lowest BCUT2D eigenvalue weighted by Crippen LogP contribution is -2.26. The lowest BCUT2D eigenvalue weighted by atomic mass is 9.70. The summed E-state index contributed by atoms with van der Waals surface area (Å²) in [7, 11) is 0. The number of allylic oxidation sites excluding steroid dienone is 2. The Morgan fingerprint density at radius 2 is 0.546 bits per heavy atom. The summed E-state index contributed by atoms with van der Waals surface area (Å²) in [5, 5.41) is 0. The lowest BCUT2D eigenvalue weighted by molar-refractivity contribution is 0.602. The average Bonchev–Trinajstić information content (AvgIpc) is 1.51. The van der Waals surface area contributed by atoms with Gasteiger partial charge in [-0.1, -0.05) is 265 Å². The van der Waals surface area contributed by atoms with Crippen LogP contribution in [0.2, 0.25) is 0 Å². The van der Waals surface area contributed by atoms with Crippen LogP contribution in [-0.4, -0.2) is 0 Å². The minimum atomic E-state index is -0.625. The van der Waals surface area contributed by atoms with E-state index in [1.807, 2.05) is 0 Å². The fourth-order valence-electron chi connectivity index (χ4n) is 15.9. The molecule has 1 spiro atoms. The second-order valence-electron chi connectivity index (χ2n) is 27.6. The van der Waals surface area contributed by atoms with Gasteiger partial charge >= 0.3 is 0 Å². The summed E-state index contributed by atoms with van der Waals surface area (Å²) >= 11 is 0. The maximum Gasteiger partial charge on any atom is 0.0727 e. The molecule has 0 aromatic heterocycles. The maximum absolute atomic E-state index is 2.52. The fraction of sp³-hybridized carbons (Fsp3) is 0.158. The van der Waals surface area contributed by atoms with E-state index >= 15 is 0 Å². The Balaban J connectivity index is 0.800. The van der Waals surface area contributed by atoms with Crippen molar-refractivity contribution in [1.29, 1.82) is 0 Å². The predicted molar refractivity (Wildman–Crippen MR) is 413 cm³/mol. The Labute approximate surface area is 574 Å². The average molecular weight is 1250 g/mol. The molecule has 97 heavy (non-hydrogen) atoms. The highest BCUT2D eigenvalue weighted by Gasteiger charge is 2.52. The number of nitrogens with zero attached hydrogens (tertiary/aromatic N) is 2. The van der Waals surface area contributed by atoms with E-state index in [4.69, 9.17) is 0 Å². The predicted octanol–water partition coefficient (Wildman–Crippen LogP) is 26.1. The van der Waals surface area contributed by atoms with Crippen molar-refractivity contribution >= 4 is 69.6 Å². The second kappa shape index (κ2) is 26.4. The van der Waals surface area contributed by atoms with Crippen molar-refractivity contribution in [3.63, 3.8) is 0 Å². The van der Waals surface area contributed by atoms with E-state index in [0.29, 0.717) is 0 Å². The Kier molecular flexibility index (Phi) is 16.6. The third kappa shape index (κ3) is 12.1. The summed E-state index contributed by atoms with van der Waals surface area (Å²) < 4.78 is 0. The number of fused-ring (bicyclic) bond motifs is 10. The van der Waals surface area contributed by atoms with Gasteiger partial charge in [0.15, 0.2) is 0 Å². The van der Waals surface area contributed by atoms with Crippen LogP contribution in [0.15, 0.2) is 290 Å². The summed E-state index contributed by atoms with van der Waals surface area (Å²) in [5.74, 6) is 0. The highest BCUT2D eigenvalue weighted by atomic mass is 15.1. The monoisotopic (exact) mass is 1250 g/mol. The zero-order valence-electron chi connectivity index (χ0n) is 56.3. The molecule has 0 saturated heterocycles. The normalized spacial score (nSPS) is 15.0. The van der Waals surface area contributed by atoms with Crippen LogP contribution in [0.25, 0.3) is 57.7 Å². The summed E-state index contributed by atoms with van der Waals surface area (Å²) in [4.78, 5) is 4.91. The minimum absolute atomic E-state index is 0.625. The topological polar surface area (TPSA) is 6.48 Å². The molecule has 0 amide bonds. The van der Waals surface area contributed by atoms with Crippen LogP contribution in [0.3, 0.4) is 0 Å². The first-order chi connectivity index (χ1) is 47.7. The number of hydrogen-bond acceptors (Lipinski definition) is 2. The third-order valence-corrected chi connectivity index (χ3v) is 21.0. The van der Waals surface area contributed by atoms with Crippen LogP contribution in [0.5, 0.6) is 0 Å². The van der Waals surface area contributed by atoms with Gasteiger partial charge in [0, 0.05) is 34.1 Å². The van der Waals surface area contributed by atoms with Crippen molar-refractivity contribution < 1.29 is 0 Å². The molecule has 0 aliphatic heterocycles. The molecule has 4 aliphatic carbocycles. The first kappa shape index (κ1) is 61.1. The standard InChI is InChI=1S/C95H82N2/c1-65-23-39-75(40-24-65)89(76-41-25-66(2)26-42-76)61-73-35-51-81(52-36-73)96(79-47-27-67(3)28-48-79)83-55-57-87-85-19-11-13-21-91(85)95(93(87)63-83)92-22-14-12-20-86(92)88-58-56-84(64-94(88)95)97(80-49-29-68(4)30-50-80)82-53-37-74(38-54-82)62-90(77-43-31-71(32-44-77)59-69-15-7-5-8-16-69)78-45-33-72(34-46-78)60-70-17-9-6-10-18-70/h11-14,19-64H,5-10,15-18H2,1-4H3. The number of benzene rings is 12. The number of hydrogen-bond donors (Lipinski definition) is 0. The maximum atomic E-state index is 2.52. The molecule has 472 valence electrons. The largest absolute Gasteiger partial charge is 0.310 e. The van der Waals surface area contributed by atoms with Crippen molar-refractivity contribution in [3.05, 3.63) is 379 Å². The minimum Gasteiger partial charge on any atom is -0.310 e. The number of anilines is 6. The summed E-state index contributed by atoms with van der Waals surface area (Å²) in [6, 6.07) is 106. The van der Waals surface area contributed by atoms with E-state index in [1.165, 1.54) is 175 Å². The van der Waals surface area contributed by atoms with Gasteiger partial charge in [0.2, 0.25) is 0 Å². The van der Waals surface area contributed by atoms with E-state index < -0.39 is 5.41 Å². The van der Waals surface area contributed by atoms with Crippen LogP contribution in [0.1, 0.15) is 153 Å². The first-order valence-corrected chi connectivity index (χ1v) is 35.3. The van der Waals surface area contributed by atoms with Crippen LogP contribution in [0, 0.1) is 27.7 Å². The Hall–Kier alpha value is -10.8. The van der Waals surface area contributed by atoms with Crippen LogP contribution < -0.4 is 9.80 Å². The third-order valence-electron chi connectivity index (χ3n) is 21.0. The Morgan fingerprint density at radius 3 is 0.897 bits per heavy atom. The molecule has 0 bridgehead atoms. The van der Waals surface area contributed by atoms with Gasteiger partial charge in [0.25, 0.3) is 0 Å². The van der Waals surface area contributed by atoms with Gasteiger partial charge in [0.05, 0.1) is 5.41 Å². The molecule has 4 aliphatic rings. The van der Waals surface area contributed by atoms with E-state index in [9.17, 15) is 0 Å². The SMILES string of the molecule is Cc1ccc(C(=Cc2ccc(N(c3ccc(C)cc3)c3ccc4c(c3)C3(c5ccccc5-4)c4ccccc4-c4ccc(N(c5ccc(C)cc5)c5ccc(C=C(c6ccc(C=C7CCCCC7)cc6)c6ccc(C=C7CCCCC7)cc6)cc5)cc43)cc2)c2ccc(C)cc2)cc1. The Bertz CT molecular complexity index is 4850. The first-order valence-electron chi connectivity index (χ1n) is 35.3. The molecule has 0 radical (unpaired) electrons. The quantitative estimate of drug-likeness (QED) is 0.100. The zero-order chi connectivity index (χ0) is 65.4. The molecular weight excluding hydrogens is 1170 g/mol. The summed E-state index contributed by atoms with van der Waals surface area (Å²) in [6.45, 7) is 8.65. The molecule has 0 heterocycles. The van der Waals surface area contributed by atoms with Crippen molar-refractivity contribution in [2.75, 3.05) is 9.80 Å². The van der Waals surface area contributed by atoms with Gasteiger partial charge in [-0.05, 0) is 264 Å². The molecule has 1 unspecified atom stereocenters. The highest BCUT2D eigenvalue weighted by molar-refractivity contribution is 5.99. The van der Waals surface area contributed by atoms with Gasteiger partial charge in [-0.2, -0.15) is 0 Å². The second-order valence-corrected chi connectivity index (χ2v) is 27.6. The van der Waals surface area contributed by atoms with Crippen molar-refractivity contribution in [1.82, 2.24) is 0 Å². The Morgan fingerprint density at radius 1 is 0.268 bits per heavy atom. The molecule has 0 N–H and O–H groups in total. The molecular formula is C95H82N2. The van der Waals surface area contributed by atoms with E-state index in [0.717, 1.165) is 45.3 Å². The van der Waals surface area contributed by atoms with Crippen molar-refractivity contribution in [3.8, 4) is 22.3 Å². The summed E-state index contributed by atoms with van der Waals surface area (Å²) in [5.41, 5.74) is 36.5. The number of rotatable bonds is 14. The fourth-order valence-corrected chi connectivity index (χ4v) is 15.9. The van der Waals surface area contributed by atoms with Gasteiger partial charge in [0.1, 0.15) is 0 Å². The molecule has 2 fully saturated rings. The van der Waals surface area contributed by atoms with Gasteiger partial charge in [-0.25, -0.2) is 0 Å². The molecule has 2 nitrogen and oxygen atoms in total. The van der Waals surface area contributed by atoms with Crippen molar-refractivity contribution in [2.45, 2.75) is 97.3 Å². The van der Waals surface area contributed by atoms with E-state index in [1.54, 1.807) is 11.1 Å². The summed E-state index contributed by atoms with van der Waals surface area (Å²) in [6.07, 6.45) is 22.4. The zero-order valence-corrected chi connectivity index (χ0v) is 56.3. The van der Waals surface area contributed by atoms with Gasteiger partial charge in [-0.15, -0.1) is 0 Å². The molecule has 16 rings (SSSR count). The van der Waals surface area contributed by atoms with Crippen LogP contribution >= 0.6 is 0 Å². The lowest BCUT2D eigenvalue weighted by Gasteiger charge is -2.33. The number of aryl methyl sites for hydroxylation is 4. The van der Waals surface area contributed by atoms with E-state index in [-0.39, 0.29) is 0 Å². The van der Waals surface area contributed by atoms with Gasteiger partial charge < -0.3 is 9.80 Å². The molecule has 12 aromatic carbocycles. The molecule has 1 atom stereocenters.